The number of anilines is 2. The van der Waals surface area contributed by atoms with E-state index in [1.54, 1.807) is 24.3 Å². The van der Waals surface area contributed by atoms with Gasteiger partial charge >= 0.3 is 0 Å². The molecule has 0 saturated carbocycles. The van der Waals surface area contributed by atoms with Gasteiger partial charge in [-0.2, -0.15) is 0 Å². The Morgan fingerprint density at radius 3 is 2.17 bits per heavy atom. The van der Waals surface area contributed by atoms with Crippen LogP contribution in [0.5, 0.6) is 0 Å². The van der Waals surface area contributed by atoms with E-state index < -0.39 is 0 Å². The van der Waals surface area contributed by atoms with Crippen LogP contribution in [0.1, 0.15) is 36.0 Å². The smallest absolute Gasteiger partial charge is 0.253 e. The highest BCUT2D eigenvalue weighted by Gasteiger charge is 2.17. The fraction of sp³-hybridized carbons (Fsp3) is 0.280. The number of carbonyl (C=O) groups excluding carboxylic acids is 2. The van der Waals surface area contributed by atoms with Crippen molar-refractivity contribution in [3.63, 3.8) is 0 Å². The molecule has 0 radical (unpaired) electrons. The van der Waals surface area contributed by atoms with Gasteiger partial charge in [0.2, 0.25) is 5.91 Å². The zero-order chi connectivity index (χ0) is 20.8. The first kappa shape index (κ1) is 20.0. The van der Waals surface area contributed by atoms with E-state index in [-0.39, 0.29) is 18.4 Å². The molecule has 0 unspecified atom stereocenters. The molecule has 1 aliphatic rings. The molecule has 5 heteroatoms. The van der Waals surface area contributed by atoms with E-state index in [1.165, 1.54) is 18.2 Å². The number of carbonyl (C=O) groups is 2. The minimum absolute atomic E-state index is 0.0766. The zero-order valence-corrected chi connectivity index (χ0v) is 17.1. The quantitative estimate of drug-likeness (QED) is 0.639. The van der Waals surface area contributed by atoms with Gasteiger partial charge in [0.25, 0.3) is 5.91 Å². The molecule has 0 bridgehead atoms. The van der Waals surface area contributed by atoms with E-state index in [1.807, 2.05) is 35.2 Å². The lowest BCUT2D eigenvalue weighted by atomic mass is 10.1. The Balaban J connectivity index is 1.31. The number of fused-ring (bicyclic) bond motifs is 1. The predicted molar refractivity (Wildman–Crippen MR) is 122 cm³/mol. The molecular weight excluding hydrogens is 374 g/mol. The van der Waals surface area contributed by atoms with Gasteiger partial charge in [-0.3, -0.25) is 9.59 Å². The maximum Gasteiger partial charge on any atom is 0.253 e. The maximum absolute atomic E-state index is 12.7. The lowest BCUT2D eigenvalue weighted by Gasteiger charge is -2.20. The number of amides is 2. The van der Waals surface area contributed by atoms with Gasteiger partial charge < -0.3 is 15.5 Å². The molecule has 0 aromatic heterocycles. The fourth-order valence-corrected chi connectivity index (χ4v) is 3.84. The highest BCUT2D eigenvalue weighted by atomic mass is 16.2. The molecule has 30 heavy (non-hydrogen) atoms. The molecule has 1 fully saturated rings. The van der Waals surface area contributed by atoms with Gasteiger partial charge in [-0.05, 0) is 60.0 Å². The van der Waals surface area contributed by atoms with E-state index >= 15 is 0 Å². The summed E-state index contributed by atoms with van der Waals surface area (Å²) >= 11 is 0. The van der Waals surface area contributed by atoms with Crippen molar-refractivity contribution in [2.45, 2.75) is 25.7 Å². The van der Waals surface area contributed by atoms with Gasteiger partial charge in [-0.15, -0.1) is 0 Å². The largest absolute Gasteiger partial charge is 0.376 e. The van der Waals surface area contributed by atoms with Crippen molar-refractivity contribution >= 4 is 34.0 Å². The number of nitrogens with one attached hydrogen (secondary N) is 2. The third-order valence-corrected chi connectivity index (χ3v) is 5.51. The van der Waals surface area contributed by atoms with Crippen molar-refractivity contribution in [3.05, 3.63) is 72.3 Å². The van der Waals surface area contributed by atoms with Gasteiger partial charge in [-0.25, -0.2) is 0 Å². The molecular formula is C25H27N3O2. The lowest BCUT2D eigenvalue weighted by Crippen LogP contribution is -2.31. The molecule has 2 amide bonds. The molecule has 0 aliphatic carbocycles. The summed E-state index contributed by atoms with van der Waals surface area (Å²) < 4.78 is 0. The summed E-state index contributed by atoms with van der Waals surface area (Å²) in [6, 6.07) is 21.3. The molecule has 5 nitrogen and oxygen atoms in total. The lowest BCUT2D eigenvalue weighted by molar-refractivity contribution is -0.114. The van der Waals surface area contributed by atoms with Crippen LogP contribution in [-0.2, 0) is 4.79 Å². The third-order valence-electron chi connectivity index (χ3n) is 5.51. The van der Waals surface area contributed by atoms with Crippen molar-refractivity contribution in [1.29, 1.82) is 0 Å². The Labute approximate surface area is 177 Å². The fourth-order valence-electron chi connectivity index (χ4n) is 3.84. The molecule has 1 saturated heterocycles. The van der Waals surface area contributed by atoms with Crippen LogP contribution in [0.4, 0.5) is 11.4 Å². The van der Waals surface area contributed by atoms with Crippen LogP contribution in [0.3, 0.4) is 0 Å². The molecule has 1 aliphatic heterocycles. The number of benzene rings is 3. The second-order valence-corrected chi connectivity index (χ2v) is 7.75. The Bertz CT molecular complexity index is 1020. The first-order valence-corrected chi connectivity index (χ1v) is 10.6. The molecule has 3 aromatic rings. The Morgan fingerprint density at radius 2 is 1.43 bits per heavy atom. The van der Waals surface area contributed by atoms with Crippen LogP contribution >= 0.6 is 0 Å². The van der Waals surface area contributed by atoms with Crippen LogP contribution in [0.15, 0.2) is 66.7 Å². The van der Waals surface area contributed by atoms with Gasteiger partial charge in [0.05, 0.1) is 6.54 Å². The molecule has 0 spiro atoms. The number of nitrogens with zero attached hydrogens (tertiary/aromatic N) is 1. The minimum Gasteiger partial charge on any atom is -0.376 e. The standard InChI is InChI=1S/C25H27N3O2/c29-24(18-26-23-14-9-19-7-3-4-8-21(19)17-23)27-22-12-10-20(11-13-22)25(30)28-15-5-1-2-6-16-28/h3-4,7-14,17,26H,1-2,5-6,15-16,18H2,(H,27,29). The van der Waals surface area contributed by atoms with Crippen molar-refractivity contribution in [1.82, 2.24) is 4.90 Å². The zero-order valence-electron chi connectivity index (χ0n) is 17.1. The molecule has 154 valence electrons. The second kappa shape index (κ2) is 9.44. The summed E-state index contributed by atoms with van der Waals surface area (Å²) in [6.45, 7) is 1.84. The van der Waals surface area contributed by atoms with E-state index in [4.69, 9.17) is 0 Å². The van der Waals surface area contributed by atoms with Gasteiger partial charge in [-0.1, -0.05) is 43.2 Å². The first-order valence-electron chi connectivity index (χ1n) is 10.6. The summed E-state index contributed by atoms with van der Waals surface area (Å²) in [7, 11) is 0. The second-order valence-electron chi connectivity index (χ2n) is 7.75. The number of hydrogen-bond donors (Lipinski definition) is 2. The molecule has 1 heterocycles. The Morgan fingerprint density at radius 1 is 0.767 bits per heavy atom. The molecule has 4 rings (SSSR count). The Hall–Kier alpha value is -3.34. The van der Waals surface area contributed by atoms with Gasteiger partial charge in [0.15, 0.2) is 0 Å². The van der Waals surface area contributed by atoms with Crippen molar-refractivity contribution in [2.24, 2.45) is 0 Å². The topological polar surface area (TPSA) is 61.4 Å². The van der Waals surface area contributed by atoms with Crippen molar-refractivity contribution in [2.75, 3.05) is 30.3 Å². The predicted octanol–water partition coefficient (Wildman–Crippen LogP) is 4.91. The van der Waals surface area contributed by atoms with Gasteiger partial charge in [0.1, 0.15) is 0 Å². The van der Waals surface area contributed by atoms with E-state index in [2.05, 4.69) is 22.8 Å². The van der Waals surface area contributed by atoms with E-state index in [9.17, 15) is 9.59 Å². The summed E-state index contributed by atoms with van der Waals surface area (Å²) in [5.74, 6) is -0.0532. The third kappa shape index (κ3) is 4.98. The van der Waals surface area contributed by atoms with E-state index in [0.717, 1.165) is 37.0 Å². The normalized spacial score (nSPS) is 14.2. The van der Waals surface area contributed by atoms with Crippen molar-refractivity contribution in [3.8, 4) is 0 Å². The monoisotopic (exact) mass is 401 g/mol. The highest BCUT2D eigenvalue weighted by Crippen LogP contribution is 2.19. The SMILES string of the molecule is O=C(CNc1ccc2ccccc2c1)Nc1ccc(C(=O)N2CCCCCC2)cc1. The van der Waals surface area contributed by atoms with Crippen LogP contribution in [0.2, 0.25) is 0 Å². The van der Waals surface area contributed by atoms with Crippen LogP contribution in [-0.4, -0.2) is 36.3 Å². The summed E-state index contributed by atoms with van der Waals surface area (Å²) in [4.78, 5) is 26.9. The first-order chi connectivity index (χ1) is 14.7. The number of hydrogen-bond acceptors (Lipinski definition) is 3. The van der Waals surface area contributed by atoms with Crippen LogP contribution in [0, 0.1) is 0 Å². The van der Waals surface area contributed by atoms with Gasteiger partial charge in [0, 0.05) is 30.0 Å². The molecule has 3 aromatic carbocycles. The average Bonchev–Trinajstić information content (AvgIpc) is 3.07. The van der Waals surface area contributed by atoms with Crippen LogP contribution in [0.25, 0.3) is 10.8 Å². The van der Waals surface area contributed by atoms with Crippen LogP contribution < -0.4 is 10.6 Å². The summed E-state index contributed by atoms with van der Waals surface area (Å²) in [6.07, 6.45) is 4.54. The number of likely N-dealkylation sites (tertiary alicyclic amines) is 1. The summed E-state index contributed by atoms with van der Waals surface area (Å²) in [5, 5.41) is 8.34. The highest BCUT2D eigenvalue weighted by molar-refractivity contribution is 5.97. The minimum atomic E-state index is -0.130. The summed E-state index contributed by atoms with van der Waals surface area (Å²) in [5.41, 5.74) is 2.26. The molecule has 2 N–H and O–H groups in total. The average molecular weight is 402 g/mol. The maximum atomic E-state index is 12.7. The molecule has 0 atom stereocenters. The van der Waals surface area contributed by atoms with Crippen molar-refractivity contribution < 1.29 is 9.59 Å². The van der Waals surface area contributed by atoms with E-state index in [0.29, 0.717) is 11.3 Å². The number of rotatable bonds is 5. The Kier molecular flexibility index (Phi) is 6.28.